The molecule has 1 saturated heterocycles. The van der Waals surface area contributed by atoms with Gasteiger partial charge in [0.05, 0.1) is 10.2 Å². The minimum absolute atomic E-state index is 0.173. The van der Waals surface area contributed by atoms with Crippen LogP contribution in [0.2, 0.25) is 0 Å². The Morgan fingerprint density at radius 3 is 2.62 bits per heavy atom. The molecule has 0 bridgehead atoms. The standard InChI is InChI=1S/C18H20N6OS/c25-16(6-9-21-18-22-14-4-1-2-5-15(14)26-18)23-10-12-24(13-11-23)17-19-7-3-8-20-17/h1-5,7-8H,6,9-13H2,(H,21,22). The number of hydrogen-bond donors (Lipinski definition) is 1. The number of piperazine rings is 1. The monoisotopic (exact) mass is 368 g/mol. The Morgan fingerprint density at radius 2 is 1.85 bits per heavy atom. The Kier molecular flexibility index (Phi) is 4.92. The molecule has 8 heteroatoms. The molecule has 0 spiro atoms. The van der Waals surface area contributed by atoms with E-state index in [1.807, 2.05) is 29.2 Å². The number of rotatable bonds is 5. The molecular formula is C18H20N6OS. The number of anilines is 2. The van der Waals surface area contributed by atoms with Crippen molar-refractivity contribution in [1.29, 1.82) is 0 Å². The van der Waals surface area contributed by atoms with Gasteiger partial charge in [-0.05, 0) is 18.2 Å². The molecule has 1 fully saturated rings. The Hall–Kier alpha value is -2.74. The first-order valence-electron chi connectivity index (χ1n) is 8.69. The van der Waals surface area contributed by atoms with Crippen molar-refractivity contribution in [3.05, 3.63) is 42.7 Å². The van der Waals surface area contributed by atoms with Crippen LogP contribution in [0.25, 0.3) is 10.2 Å². The van der Waals surface area contributed by atoms with E-state index in [1.54, 1.807) is 23.7 Å². The molecule has 1 aliphatic rings. The van der Waals surface area contributed by atoms with Gasteiger partial charge in [-0.2, -0.15) is 0 Å². The van der Waals surface area contributed by atoms with E-state index >= 15 is 0 Å². The number of aromatic nitrogens is 3. The summed E-state index contributed by atoms with van der Waals surface area (Å²) >= 11 is 1.61. The van der Waals surface area contributed by atoms with Gasteiger partial charge in [-0.15, -0.1) is 0 Å². The van der Waals surface area contributed by atoms with Crippen LogP contribution < -0.4 is 10.2 Å². The third-order valence-electron chi connectivity index (χ3n) is 4.38. The van der Waals surface area contributed by atoms with Gasteiger partial charge >= 0.3 is 0 Å². The average molecular weight is 368 g/mol. The Balaban J connectivity index is 1.24. The summed E-state index contributed by atoms with van der Waals surface area (Å²) in [4.78, 5) is 29.5. The molecule has 1 amide bonds. The summed E-state index contributed by atoms with van der Waals surface area (Å²) in [6.07, 6.45) is 3.96. The van der Waals surface area contributed by atoms with Crippen LogP contribution in [-0.2, 0) is 4.79 Å². The predicted octanol–water partition coefficient (Wildman–Crippen LogP) is 2.24. The van der Waals surface area contributed by atoms with E-state index in [4.69, 9.17) is 0 Å². The van der Waals surface area contributed by atoms with Crippen LogP contribution in [-0.4, -0.2) is 58.5 Å². The van der Waals surface area contributed by atoms with Gasteiger partial charge in [0.1, 0.15) is 0 Å². The highest BCUT2D eigenvalue weighted by molar-refractivity contribution is 7.22. The summed E-state index contributed by atoms with van der Waals surface area (Å²) in [7, 11) is 0. The lowest BCUT2D eigenvalue weighted by Crippen LogP contribution is -2.49. The van der Waals surface area contributed by atoms with E-state index in [1.165, 1.54) is 0 Å². The molecule has 7 nitrogen and oxygen atoms in total. The first-order valence-corrected chi connectivity index (χ1v) is 9.50. The van der Waals surface area contributed by atoms with E-state index in [2.05, 4.69) is 31.2 Å². The largest absolute Gasteiger partial charge is 0.361 e. The molecule has 3 heterocycles. The van der Waals surface area contributed by atoms with Crippen LogP contribution in [0.3, 0.4) is 0 Å². The molecule has 134 valence electrons. The second-order valence-corrected chi connectivity index (χ2v) is 7.11. The highest BCUT2D eigenvalue weighted by Crippen LogP contribution is 2.25. The number of thiazole rings is 1. The van der Waals surface area contributed by atoms with Crippen LogP contribution in [0, 0.1) is 0 Å². The van der Waals surface area contributed by atoms with E-state index in [0.29, 0.717) is 26.1 Å². The normalized spacial score (nSPS) is 14.6. The number of carbonyl (C=O) groups excluding carboxylic acids is 1. The van der Waals surface area contributed by atoms with Gasteiger partial charge in [0.2, 0.25) is 11.9 Å². The average Bonchev–Trinajstić information content (AvgIpc) is 3.11. The molecule has 4 rings (SSSR count). The SMILES string of the molecule is O=C(CCNc1nc2ccccc2s1)N1CCN(c2ncccn2)CC1. The van der Waals surface area contributed by atoms with Crippen molar-refractivity contribution in [2.75, 3.05) is 42.9 Å². The van der Waals surface area contributed by atoms with Gasteiger partial charge in [0.25, 0.3) is 0 Å². The zero-order valence-corrected chi connectivity index (χ0v) is 15.2. The molecule has 1 N–H and O–H groups in total. The molecule has 0 saturated carbocycles. The van der Waals surface area contributed by atoms with Crippen molar-refractivity contribution < 1.29 is 4.79 Å². The maximum absolute atomic E-state index is 12.4. The topological polar surface area (TPSA) is 74.2 Å². The minimum Gasteiger partial charge on any atom is -0.361 e. The molecule has 1 aliphatic heterocycles. The van der Waals surface area contributed by atoms with Crippen molar-refractivity contribution in [2.45, 2.75) is 6.42 Å². The third kappa shape index (κ3) is 3.75. The third-order valence-corrected chi connectivity index (χ3v) is 5.37. The van der Waals surface area contributed by atoms with Crippen LogP contribution in [0.1, 0.15) is 6.42 Å². The van der Waals surface area contributed by atoms with Gasteiger partial charge in [-0.25, -0.2) is 15.0 Å². The molecule has 3 aromatic rings. The number of para-hydroxylation sites is 1. The Bertz CT molecular complexity index is 843. The summed E-state index contributed by atoms with van der Waals surface area (Å²) in [5.41, 5.74) is 0.991. The van der Waals surface area contributed by atoms with E-state index in [-0.39, 0.29) is 5.91 Å². The van der Waals surface area contributed by atoms with Gasteiger partial charge < -0.3 is 15.1 Å². The van der Waals surface area contributed by atoms with Gasteiger partial charge in [-0.1, -0.05) is 23.5 Å². The zero-order chi connectivity index (χ0) is 17.8. The van der Waals surface area contributed by atoms with Crippen molar-refractivity contribution in [3.8, 4) is 0 Å². The summed E-state index contributed by atoms with van der Waals surface area (Å²) in [6, 6.07) is 9.85. The fourth-order valence-corrected chi connectivity index (χ4v) is 3.88. The minimum atomic E-state index is 0.173. The van der Waals surface area contributed by atoms with Gasteiger partial charge in [-0.3, -0.25) is 4.79 Å². The molecule has 0 atom stereocenters. The van der Waals surface area contributed by atoms with Crippen LogP contribution >= 0.6 is 11.3 Å². The highest BCUT2D eigenvalue weighted by Gasteiger charge is 2.22. The van der Waals surface area contributed by atoms with E-state index in [9.17, 15) is 4.79 Å². The van der Waals surface area contributed by atoms with Gasteiger partial charge in [0, 0.05) is 51.5 Å². The Morgan fingerprint density at radius 1 is 1.08 bits per heavy atom. The first kappa shape index (κ1) is 16.7. The number of carbonyl (C=O) groups is 1. The van der Waals surface area contributed by atoms with E-state index < -0.39 is 0 Å². The number of nitrogens with one attached hydrogen (secondary N) is 1. The lowest BCUT2D eigenvalue weighted by molar-refractivity contribution is -0.131. The molecule has 1 aromatic carbocycles. The first-order chi connectivity index (χ1) is 12.8. The number of nitrogens with zero attached hydrogens (tertiary/aromatic N) is 5. The second-order valence-electron chi connectivity index (χ2n) is 6.08. The second kappa shape index (κ2) is 7.65. The van der Waals surface area contributed by atoms with Crippen molar-refractivity contribution in [3.63, 3.8) is 0 Å². The van der Waals surface area contributed by atoms with Crippen molar-refractivity contribution in [1.82, 2.24) is 19.9 Å². The number of fused-ring (bicyclic) bond motifs is 1. The summed E-state index contributed by atoms with van der Waals surface area (Å²) < 4.78 is 1.15. The molecular weight excluding hydrogens is 348 g/mol. The maximum Gasteiger partial charge on any atom is 0.225 e. The molecule has 2 aromatic heterocycles. The fourth-order valence-electron chi connectivity index (χ4n) is 2.99. The van der Waals surface area contributed by atoms with Gasteiger partial charge in [0.15, 0.2) is 5.13 Å². The predicted molar refractivity (Wildman–Crippen MR) is 104 cm³/mol. The lowest BCUT2D eigenvalue weighted by Gasteiger charge is -2.34. The smallest absolute Gasteiger partial charge is 0.225 e. The fraction of sp³-hybridized carbons (Fsp3) is 0.333. The molecule has 0 aliphatic carbocycles. The van der Waals surface area contributed by atoms with Crippen LogP contribution in [0.4, 0.5) is 11.1 Å². The molecule has 0 radical (unpaired) electrons. The van der Waals surface area contributed by atoms with E-state index in [0.717, 1.165) is 34.4 Å². The lowest BCUT2D eigenvalue weighted by atomic mass is 10.3. The maximum atomic E-state index is 12.4. The summed E-state index contributed by atoms with van der Waals surface area (Å²) in [5, 5.41) is 4.13. The number of benzene rings is 1. The van der Waals surface area contributed by atoms with Crippen molar-refractivity contribution in [2.24, 2.45) is 0 Å². The summed E-state index contributed by atoms with van der Waals surface area (Å²) in [5.74, 6) is 0.907. The highest BCUT2D eigenvalue weighted by atomic mass is 32.1. The van der Waals surface area contributed by atoms with Crippen LogP contribution in [0.15, 0.2) is 42.7 Å². The number of amides is 1. The molecule has 0 unspecified atom stereocenters. The Labute approximate surface area is 155 Å². The summed E-state index contributed by atoms with van der Waals surface area (Å²) in [6.45, 7) is 3.54. The van der Waals surface area contributed by atoms with Crippen LogP contribution in [0.5, 0.6) is 0 Å². The van der Waals surface area contributed by atoms with Crippen molar-refractivity contribution >= 4 is 38.5 Å². The zero-order valence-electron chi connectivity index (χ0n) is 14.3. The number of hydrogen-bond acceptors (Lipinski definition) is 7. The molecule has 26 heavy (non-hydrogen) atoms. The quantitative estimate of drug-likeness (QED) is 0.744.